The number of oxazole rings is 2. The first-order valence-corrected chi connectivity index (χ1v) is 7.37. The number of aliphatic hydroxyl groups excluding tert-OH is 1. The summed E-state index contributed by atoms with van der Waals surface area (Å²) in [6, 6.07) is 8.96. The van der Waals surface area contributed by atoms with Gasteiger partial charge in [0.25, 0.3) is 0 Å². The van der Waals surface area contributed by atoms with E-state index in [4.69, 9.17) is 20.4 Å². The molecule has 0 saturated carbocycles. The summed E-state index contributed by atoms with van der Waals surface area (Å²) in [5.41, 5.74) is 1.18. The highest BCUT2D eigenvalue weighted by atomic mass is 35.5. The van der Waals surface area contributed by atoms with E-state index in [2.05, 4.69) is 9.97 Å². The topological polar surface area (TPSA) is 96.1 Å². The number of aliphatic hydroxyl groups is 1. The van der Waals surface area contributed by atoms with Gasteiger partial charge in [0.1, 0.15) is 23.6 Å². The van der Waals surface area contributed by atoms with E-state index in [-0.39, 0.29) is 28.7 Å². The average Bonchev–Trinajstić information content (AvgIpc) is 3.15. The molecule has 0 saturated heterocycles. The fraction of sp³-hybridized carbons (Fsp3) is 0.118. The van der Waals surface area contributed by atoms with E-state index in [1.54, 1.807) is 38.1 Å². The molecule has 2 heterocycles. The molecule has 1 N–H and O–H groups in total. The minimum absolute atomic E-state index is 0.0729. The van der Waals surface area contributed by atoms with Crippen LogP contribution in [0.5, 0.6) is 0 Å². The lowest BCUT2D eigenvalue weighted by Gasteiger charge is -1.99. The van der Waals surface area contributed by atoms with Gasteiger partial charge >= 0.3 is 0 Å². The third-order valence-corrected chi connectivity index (χ3v) is 3.66. The van der Waals surface area contributed by atoms with Gasteiger partial charge in [-0.05, 0) is 19.1 Å². The Balaban J connectivity index is 2.08. The Labute approximate surface area is 142 Å². The lowest BCUT2D eigenvalue weighted by atomic mass is 10.1. The highest BCUT2D eigenvalue weighted by molar-refractivity contribution is 6.33. The van der Waals surface area contributed by atoms with Crippen molar-refractivity contribution in [2.75, 3.05) is 0 Å². The molecule has 0 aliphatic heterocycles. The highest BCUT2D eigenvalue weighted by Gasteiger charge is 2.21. The summed E-state index contributed by atoms with van der Waals surface area (Å²) < 4.78 is 10.7. The van der Waals surface area contributed by atoms with Crippen LogP contribution in [-0.2, 0) is 0 Å². The molecule has 0 aliphatic rings. The number of nitrogens with zero attached hydrogens (tertiary/aromatic N) is 3. The molecule has 3 aromatic rings. The summed E-state index contributed by atoms with van der Waals surface area (Å²) in [4.78, 5) is 8.32. The fourth-order valence-electron chi connectivity index (χ4n) is 2.24. The molecule has 24 heavy (non-hydrogen) atoms. The third-order valence-electron chi connectivity index (χ3n) is 3.33. The van der Waals surface area contributed by atoms with E-state index in [0.717, 1.165) is 0 Å². The molecule has 0 fully saturated rings. The molecule has 0 bridgehead atoms. The Hall–Kier alpha value is -3.04. The maximum absolute atomic E-state index is 10.4. The minimum Gasteiger partial charge on any atom is -0.503 e. The van der Waals surface area contributed by atoms with E-state index in [1.165, 1.54) is 6.26 Å². The van der Waals surface area contributed by atoms with Crippen molar-refractivity contribution in [2.45, 2.75) is 13.8 Å². The first-order valence-electron chi connectivity index (χ1n) is 6.99. The zero-order valence-electron chi connectivity index (χ0n) is 12.9. The quantitative estimate of drug-likeness (QED) is 0.554. The molecule has 7 heteroatoms. The highest BCUT2D eigenvalue weighted by Crippen LogP contribution is 2.31. The summed E-state index contributed by atoms with van der Waals surface area (Å²) in [6.45, 7) is 3.33. The Morgan fingerprint density at radius 3 is 2.62 bits per heavy atom. The monoisotopic (exact) mass is 341 g/mol. The Morgan fingerprint density at radius 2 is 2.00 bits per heavy atom. The van der Waals surface area contributed by atoms with Gasteiger partial charge in [0.15, 0.2) is 17.4 Å². The third kappa shape index (κ3) is 2.77. The largest absolute Gasteiger partial charge is 0.503 e. The molecule has 3 rings (SSSR count). The van der Waals surface area contributed by atoms with Gasteiger partial charge in [-0.3, -0.25) is 0 Å². The average molecular weight is 342 g/mol. The van der Waals surface area contributed by atoms with E-state index in [9.17, 15) is 10.4 Å². The molecular formula is C17H12ClN3O3. The number of hydrogen-bond acceptors (Lipinski definition) is 6. The van der Waals surface area contributed by atoms with Crippen molar-refractivity contribution in [2.24, 2.45) is 0 Å². The number of allylic oxidation sites excluding steroid dienone is 1. The van der Waals surface area contributed by atoms with E-state index in [0.29, 0.717) is 22.2 Å². The normalized spacial score (nSPS) is 11.9. The van der Waals surface area contributed by atoms with Crippen LogP contribution >= 0.6 is 11.6 Å². The van der Waals surface area contributed by atoms with Crippen molar-refractivity contribution < 1.29 is 13.9 Å². The molecule has 1 aromatic carbocycles. The first kappa shape index (κ1) is 15.8. The standard InChI is InChI=1S/C17H12ClN3O3/c1-9-16(24-10(2)20-9)15(22)12(7-19)14-8-23-17(21-14)11-5-3-4-6-13(11)18/h3-6,8,22H,1-2H3. The van der Waals surface area contributed by atoms with Crippen molar-refractivity contribution >= 4 is 22.9 Å². The molecule has 0 aliphatic carbocycles. The van der Waals surface area contributed by atoms with Crippen molar-refractivity contribution in [3.05, 3.63) is 58.6 Å². The van der Waals surface area contributed by atoms with Crippen molar-refractivity contribution in [3.8, 4) is 17.5 Å². The number of aryl methyl sites for hydroxylation is 2. The molecule has 0 unspecified atom stereocenters. The van der Waals surface area contributed by atoms with Gasteiger partial charge in [-0.25, -0.2) is 9.97 Å². The lowest BCUT2D eigenvalue weighted by Crippen LogP contribution is -1.92. The van der Waals surface area contributed by atoms with Crippen molar-refractivity contribution in [1.82, 2.24) is 9.97 Å². The van der Waals surface area contributed by atoms with Crippen LogP contribution in [0.3, 0.4) is 0 Å². The second-order valence-electron chi connectivity index (χ2n) is 5.00. The van der Waals surface area contributed by atoms with Gasteiger partial charge in [-0.2, -0.15) is 5.26 Å². The maximum atomic E-state index is 10.4. The number of rotatable bonds is 3. The zero-order valence-corrected chi connectivity index (χ0v) is 13.6. The zero-order chi connectivity index (χ0) is 17.3. The van der Waals surface area contributed by atoms with Crippen LogP contribution in [0.25, 0.3) is 22.8 Å². The van der Waals surface area contributed by atoms with Gasteiger partial charge in [-0.15, -0.1) is 0 Å². The van der Waals surface area contributed by atoms with Gasteiger partial charge < -0.3 is 13.9 Å². The second kappa shape index (κ2) is 6.22. The van der Waals surface area contributed by atoms with Gasteiger partial charge in [0, 0.05) is 6.92 Å². The van der Waals surface area contributed by atoms with Crippen LogP contribution in [0.1, 0.15) is 23.0 Å². The molecule has 0 amide bonds. The maximum Gasteiger partial charge on any atom is 0.228 e. The van der Waals surface area contributed by atoms with Crippen LogP contribution in [-0.4, -0.2) is 15.1 Å². The molecule has 2 aromatic heterocycles. The van der Waals surface area contributed by atoms with Crippen LogP contribution in [0.4, 0.5) is 0 Å². The molecule has 0 spiro atoms. The summed E-state index contributed by atoms with van der Waals surface area (Å²) >= 11 is 6.11. The van der Waals surface area contributed by atoms with E-state index in [1.807, 2.05) is 6.07 Å². The lowest BCUT2D eigenvalue weighted by molar-refractivity contribution is 0.445. The Bertz CT molecular complexity index is 979. The smallest absolute Gasteiger partial charge is 0.228 e. The Morgan fingerprint density at radius 1 is 1.25 bits per heavy atom. The summed E-state index contributed by atoms with van der Waals surface area (Å²) in [5, 5.41) is 20.3. The predicted molar refractivity (Wildman–Crippen MR) is 88.0 cm³/mol. The van der Waals surface area contributed by atoms with Gasteiger partial charge in [0.2, 0.25) is 5.89 Å². The molecule has 120 valence electrons. The number of benzene rings is 1. The summed E-state index contributed by atoms with van der Waals surface area (Å²) in [5.74, 6) is 0.436. The van der Waals surface area contributed by atoms with Crippen LogP contribution in [0.2, 0.25) is 5.02 Å². The summed E-state index contributed by atoms with van der Waals surface area (Å²) in [6.07, 6.45) is 1.28. The molecule has 0 radical (unpaired) electrons. The molecule has 6 nitrogen and oxygen atoms in total. The van der Waals surface area contributed by atoms with Crippen LogP contribution in [0, 0.1) is 25.2 Å². The predicted octanol–water partition coefficient (Wildman–Crippen LogP) is 4.55. The van der Waals surface area contributed by atoms with Crippen LogP contribution < -0.4 is 0 Å². The second-order valence-corrected chi connectivity index (χ2v) is 5.41. The fourth-order valence-corrected chi connectivity index (χ4v) is 2.46. The molecule has 0 atom stereocenters. The SMILES string of the molecule is Cc1nc(C)c(C(O)=C(C#N)c2coc(-c3ccccc3Cl)n2)o1. The van der Waals surface area contributed by atoms with Crippen molar-refractivity contribution in [1.29, 1.82) is 5.26 Å². The van der Waals surface area contributed by atoms with E-state index >= 15 is 0 Å². The number of nitriles is 1. The van der Waals surface area contributed by atoms with Crippen LogP contribution in [0.15, 0.2) is 39.4 Å². The number of hydrogen-bond donors (Lipinski definition) is 1. The number of halogens is 1. The summed E-state index contributed by atoms with van der Waals surface area (Å²) in [7, 11) is 0. The van der Waals surface area contributed by atoms with Gasteiger partial charge in [0.05, 0.1) is 16.3 Å². The first-order chi connectivity index (χ1) is 11.5. The molecular weight excluding hydrogens is 330 g/mol. The number of aromatic nitrogens is 2. The minimum atomic E-state index is -0.338. The van der Waals surface area contributed by atoms with Crippen molar-refractivity contribution in [3.63, 3.8) is 0 Å². The Kier molecular flexibility index (Phi) is 4.11. The van der Waals surface area contributed by atoms with Gasteiger partial charge in [-0.1, -0.05) is 23.7 Å². The van der Waals surface area contributed by atoms with E-state index < -0.39 is 0 Å².